The van der Waals surface area contributed by atoms with Gasteiger partial charge in [0, 0.05) is 44.0 Å². The molecular formula is C19H26N4O4. The zero-order chi connectivity index (χ0) is 19.4. The summed E-state index contributed by atoms with van der Waals surface area (Å²) in [6, 6.07) is 6.36. The SMILES string of the molecule is COC(=O)C1=C(CN2CCN(C)CC2)NC(=O)N[C@H]1c1ccccc1OC. The summed E-state index contributed by atoms with van der Waals surface area (Å²) in [5, 5.41) is 5.64. The van der Waals surface area contributed by atoms with Crippen molar-refractivity contribution >= 4 is 12.0 Å². The summed E-state index contributed by atoms with van der Waals surface area (Å²) < 4.78 is 10.5. The van der Waals surface area contributed by atoms with Crippen molar-refractivity contribution in [2.75, 3.05) is 54.0 Å². The molecule has 2 aliphatic rings. The Morgan fingerprint density at radius 1 is 1.19 bits per heavy atom. The third-order valence-electron chi connectivity index (χ3n) is 4.99. The molecule has 146 valence electrons. The number of likely N-dealkylation sites (N-methyl/N-ethyl adjacent to an activating group) is 1. The smallest absolute Gasteiger partial charge is 0.338 e. The van der Waals surface area contributed by atoms with E-state index in [1.165, 1.54) is 7.11 Å². The fourth-order valence-electron chi connectivity index (χ4n) is 3.46. The molecule has 0 spiro atoms. The van der Waals surface area contributed by atoms with Crippen molar-refractivity contribution in [2.45, 2.75) is 6.04 Å². The van der Waals surface area contributed by atoms with Crippen LogP contribution in [0.25, 0.3) is 0 Å². The van der Waals surface area contributed by atoms with E-state index in [9.17, 15) is 9.59 Å². The van der Waals surface area contributed by atoms with Crippen molar-refractivity contribution in [3.05, 3.63) is 41.1 Å². The fourth-order valence-corrected chi connectivity index (χ4v) is 3.46. The fraction of sp³-hybridized carbons (Fsp3) is 0.474. The van der Waals surface area contributed by atoms with Crippen LogP contribution in [0.1, 0.15) is 11.6 Å². The maximum atomic E-state index is 12.6. The number of nitrogens with zero attached hydrogens (tertiary/aromatic N) is 2. The number of ether oxygens (including phenoxy) is 2. The second kappa shape index (κ2) is 8.41. The van der Waals surface area contributed by atoms with E-state index < -0.39 is 12.0 Å². The number of amides is 2. The minimum Gasteiger partial charge on any atom is -0.496 e. The van der Waals surface area contributed by atoms with Gasteiger partial charge >= 0.3 is 12.0 Å². The van der Waals surface area contributed by atoms with Crippen molar-refractivity contribution in [3.63, 3.8) is 0 Å². The maximum Gasteiger partial charge on any atom is 0.338 e. The van der Waals surface area contributed by atoms with Crippen LogP contribution >= 0.6 is 0 Å². The molecule has 2 N–H and O–H groups in total. The van der Waals surface area contributed by atoms with Crippen molar-refractivity contribution in [1.29, 1.82) is 0 Å². The number of urea groups is 1. The second-order valence-electron chi connectivity index (χ2n) is 6.74. The van der Waals surface area contributed by atoms with E-state index in [1.807, 2.05) is 18.2 Å². The van der Waals surface area contributed by atoms with E-state index in [2.05, 4.69) is 27.5 Å². The second-order valence-corrected chi connectivity index (χ2v) is 6.74. The van der Waals surface area contributed by atoms with E-state index >= 15 is 0 Å². The summed E-state index contributed by atoms with van der Waals surface area (Å²) in [7, 11) is 4.99. The van der Waals surface area contributed by atoms with Gasteiger partial charge < -0.3 is 25.0 Å². The van der Waals surface area contributed by atoms with Crippen LogP contribution in [0, 0.1) is 0 Å². The molecule has 2 heterocycles. The van der Waals surface area contributed by atoms with E-state index in [4.69, 9.17) is 9.47 Å². The van der Waals surface area contributed by atoms with Gasteiger partial charge in [-0.25, -0.2) is 9.59 Å². The van der Waals surface area contributed by atoms with Crippen molar-refractivity contribution in [1.82, 2.24) is 20.4 Å². The van der Waals surface area contributed by atoms with Gasteiger partial charge in [0.05, 0.1) is 25.8 Å². The highest BCUT2D eigenvalue weighted by Gasteiger charge is 2.35. The maximum absolute atomic E-state index is 12.6. The number of hydrogen-bond acceptors (Lipinski definition) is 6. The first-order chi connectivity index (χ1) is 13.0. The van der Waals surface area contributed by atoms with Gasteiger partial charge in [0.25, 0.3) is 0 Å². The highest BCUT2D eigenvalue weighted by molar-refractivity contribution is 5.95. The molecule has 0 aliphatic carbocycles. The molecule has 1 fully saturated rings. The zero-order valence-electron chi connectivity index (χ0n) is 15.9. The highest BCUT2D eigenvalue weighted by atomic mass is 16.5. The van der Waals surface area contributed by atoms with Gasteiger partial charge in [-0.2, -0.15) is 0 Å². The van der Waals surface area contributed by atoms with Crippen LogP contribution < -0.4 is 15.4 Å². The Morgan fingerprint density at radius 2 is 1.89 bits per heavy atom. The van der Waals surface area contributed by atoms with Crippen molar-refractivity contribution < 1.29 is 19.1 Å². The van der Waals surface area contributed by atoms with Gasteiger partial charge in [-0.15, -0.1) is 0 Å². The first-order valence-corrected chi connectivity index (χ1v) is 8.96. The van der Waals surface area contributed by atoms with Crippen LogP contribution in [0.5, 0.6) is 5.75 Å². The zero-order valence-corrected chi connectivity index (χ0v) is 15.9. The van der Waals surface area contributed by atoms with E-state index in [-0.39, 0.29) is 6.03 Å². The molecule has 0 saturated carbocycles. The number of carbonyl (C=O) groups excluding carboxylic acids is 2. The summed E-state index contributed by atoms with van der Waals surface area (Å²) in [4.78, 5) is 29.4. The average Bonchev–Trinajstić information content (AvgIpc) is 2.68. The molecule has 27 heavy (non-hydrogen) atoms. The minimum atomic E-state index is -0.634. The van der Waals surface area contributed by atoms with Gasteiger partial charge in [-0.3, -0.25) is 4.90 Å². The summed E-state index contributed by atoms with van der Waals surface area (Å²) in [5.41, 5.74) is 1.69. The molecule has 8 heteroatoms. The Balaban J connectivity index is 1.98. The lowest BCUT2D eigenvalue weighted by atomic mass is 9.94. The van der Waals surface area contributed by atoms with E-state index in [1.54, 1.807) is 13.2 Å². The van der Waals surface area contributed by atoms with Gasteiger partial charge in [0.1, 0.15) is 5.75 Å². The van der Waals surface area contributed by atoms with Crippen LogP contribution in [0.4, 0.5) is 4.79 Å². The normalized spacial score (nSPS) is 21.4. The number of piperazine rings is 1. The first-order valence-electron chi connectivity index (χ1n) is 8.96. The molecule has 0 aromatic heterocycles. The highest BCUT2D eigenvalue weighted by Crippen LogP contribution is 2.33. The van der Waals surface area contributed by atoms with Crippen molar-refractivity contribution in [2.24, 2.45) is 0 Å². The molecule has 8 nitrogen and oxygen atoms in total. The summed E-state index contributed by atoms with van der Waals surface area (Å²) in [6.07, 6.45) is 0. The quantitative estimate of drug-likeness (QED) is 0.739. The summed E-state index contributed by atoms with van der Waals surface area (Å²) in [6.45, 7) is 4.12. The molecule has 2 aliphatic heterocycles. The molecule has 0 radical (unpaired) electrons. The van der Waals surface area contributed by atoms with Gasteiger partial charge in [-0.1, -0.05) is 18.2 Å². The lowest BCUT2D eigenvalue weighted by Crippen LogP contribution is -2.51. The molecule has 0 bridgehead atoms. The third-order valence-corrected chi connectivity index (χ3v) is 4.99. The molecule has 2 amide bonds. The van der Waals surface area contributed by atoms with Crippen LogP contribution in [0.3, 0.4) is 0 Å². The molecular weight excluding hydrogens is 348 g/mol. The van der Waals surface area contributed by atoms with E-state index in [0.29, 0.717) is 29.1 Å². The predicted octanol–water partition coefficient (Wildman–Crippen LogP) is 0.724. The average molecular weight is 374 g/mol. The molecule has 3 rings (SSSR count). The van der Waals surface area contributed by atoms with Crippen LogP contribution in [0.15, 0.2) is 35.5 Å². The van der Waals surface area contributed by atoms with Crippen LogP contribution in [-0.2, 0) is 9.53 Å². The summed E-state index contributed by atoms with van der Waals surface area (Å²) in [5.74, 6) is 0.132. The van der Waals surface area contributed by atoms with Gasteiger partial charge in [0.2, 0.25) is 0 Å². The first kappa shape index (κ1) is 19.2. The Bertz CT molecular complexity index is 741. The molecule has 1 saturated heterocycles. The van der Waals surface area contributed by atoms with Gasteiger partial charge in [0.15, 0.2) is 0 Å². The predicted molar refractivity (Wildman–Crippen MR) is 100 cm³/mol. The molecule has 0 unspecified atom stereocenters. The Hall–Kier alpha value is -2.58. The Kier molecular flexibility index (Phi) is 5.98. The minimum absolute atomic E-state index is 0.345. The Labute approximate surface area is 159 Å². The van der Waals surface area contributed by atoms with E-state index in [0.717, 1.165) is 26.2 Å². The standard InChI is InChI=1S/C19H26N4O4/c1-22-8-10-23(11-9-22)12-14-16(18(24)27-3)17(21-19(25)20-14)13-6-4-5-7-15(13)26-2/h4-7,17H,8-12H2,1-3H3,(H2,20,21,25)/t17-/m0/s1. The number of para-hydroxylation sites is 1. The number of benzene rings is 1. The van der Waals surface area contributed by atoms with Crippen LogP contribution in [-0.4, -0.2) is 75.8 Å². The Morgan fingerprint density at radius 3 is 2.56 bits per heavy atom. The number of nitrogens with one attached hydrogen (secondary N) is 2. The lowest BCUT2D eigenvalue weighted by molar-refractivity contribution is -0.136. The lowest BCUT2D eigenvalue weighted by Gasteiger charge is -2.35. The van der Waals surface area contributed by atoms with Crippen molar-refractivity contribution in [3.8, 4) is 5.75 Å². The topological polar surface area (TPSA) is 83.1 Å². The number of methoxy groups -OCH3 is 2. The largest absolute Gasteiger partial charge is 0.496 e. The number of hydrogen-bond donors (Lipinski definition) is 2. The third kappa shape index (κ3) is 4.23. The molecule has 1 atom stereocenters. The number of carbonyl (C=O) groups is 2. The number of rotatable bonds is 5. The summed E-state index contributed by atoms with van der Waals surface area (Å²) >= 11 is 0. The van der Waals surface area contributed by atoms with Gasteiger partial charge in [-0.05, 0) is 13.1 Å². The molecule has 1 aromatic rings. The van der Waals surface area contributed by atoms with Crippen LogP contribution in [0.2, 0.25) is 0 Å². The monoisotopic (exact) mass is 374 g/mol. The molecule has 1 aromatic carbocycles. The number of esters is 1.